The number of nitrogens with one attached hydrogen (secondary N) is 2. The first-order valence-electron chi connectivity index (χ1n) is 7.59. The summed E-state index contributed by atoms with van der Waals surface area (Å²) in [7, 11) is 1.42. The van der Waals surface area contributed by atoms with E-state index in [-0.39, 0.29) is 11.8 Å². The van der Waals surface area contributed by atoms with Gasteiger partial charge in [-0.25, -0.2) is 14.4 Å². The Morgan fingerprint density at radius 2 is 1.96 bits per heavy atom. The maximum Gasteiger partial charge on any atom is 0.165 e. The third-order valence-corrected chi connectivity index (χ3v) is 4.20. The maximum atomic E-state index is 14.0. The molecule has 2 aromatic carbocycles. The second-order valence-corrected chi connectivity index (χ2v) is 5.87. The molecule has 1 unspecified atom stereocenters. The molecule has 0 aliphatic carbocycles. The van der Waals surface area contributed by atoms with Crippen LogP contribution in [0.15, 0.2) is 42.7 Å². The Morgan fingerprint density at radius 3 is 2.64 bits per heavy atom. The molecule has 1 aromatic heterocycles. The van der Waals surface area contributed by atoms with Crippen molar-refractivity contribution in [3.05, 3.63) is 54.1 Å². The van der Waals surface area contributed by atoms with Gasteiger partial charge in [0.1, 0.15) is 12.1 Å². The lowest BCUT2D eigenvalue weighted by atomic mass is 10.1. The summed E-state index contributed by atoms with van der Waals surface area (Å²) < 4.78 is 22.0. The number of hydrogen-bond acceptors (Lipinski definition) is 7. The zero-order valence-electron chi connectivity index (χ0n) is 13.8. The van der Waals surface area contributed by atoms with E-state index in [0.717, 1.165) is 23.4 Å². The Hall–Kier alpha value is -2.58. The van der Waals surface area contributed by atoms with Gasteiger partial charge >= 0.3 is 0 Å². The Kier molecular flexibility index (Phi) is 5.20. The molecule has 0 saturated carbocycles. The number of ether oxygens (including phenoxy) is 1. The number of fused-ring (bicyclic) bond motifs is 1. The molecule has 0 fully saturated rings. The Balaban J connectivity index is 1.87. The molecule has 0 radical (unpaired) electrons. The van der Waals surface area contributed by atoms with Gasteiger partial charge in [0, 0.05) is 35.3 Å². The van der Waals surface area contributed by atoms with Crippen molar-refractivity contribution in [3.8, 4) is 5.75 Å². The highest BCUT2D eigenvalue weighted by molar-refractivity contribution is 7.98. The summed E-state index contributed by atoms with van der Waals surface area (Å²) in [4.78, 5) is 8.44. The second-order valence-electron chi connectivity index (χ2n) is 5.43. The number of nitrogens with zero attached hydrogens (tertiary/aromatic N) is 2. The van der Waals surface area contributed by atoms with E-state index in [1.165, 1.54) is 19.5 Å². The van der Waals surface area contributed by atoms with Gasteiger partial charge in [-0.15, -0.1) is 0 Å². The summed E-state index contributed by atoms with van der Waals surface area (Å²) in [6.45, 7) is 2.01. The highest BCUT2D eigenvalue weighted by Gasteiger charge is 2.13. The average Bonchev–Trinajstić information content (AvgIpc) is 2.62. The number of anilines is 2. The van der Waals surface area contributed by atoms with Crippen LogP contribution in [0.3, 0.4) is 0 Å². The monoisotopic (exact) mass is 359 g/mol. The molecule has 0 aliphatic heterocycles. The number of benzene rings is 2. The molecule has 4 N–H and O–H groups in total. The average molecular weight is 359 g/mol. The summed E-state index contributed by atoms with van der Waals surface area (Å²) in [5.41, 5.74) is 2.60. The van der Waals surface area contributed by atoms with Crippen LogP contribution in [-0.2, 0) is 0 Å². The number of halogens is 1. The van der Waals surface area contributed by atoms with Crippen molar-refractivity contribution in [1.82, 2.24) is 9.97 Å². The molecule has 0 aliphatic rings. The first-order valence-corrected chi connectivity index (χ1v) is 8.47. The standard InChI is InChI=1S/C17H18FN5OS/c1-10(11-3-5-12(6-4-11)23-25-19)22-17-13-7-14(18)16(24-2)8-15(13)20-9-21-17/h3-10,23H,19H2,1-2H3,(H,20,21,22). The van der Waals surface area contributed by atoms with Crippen LogP contribution in [-0.4, -0.2) is 17.1 Å². The zero-order chi connectivity index (χ0) is 17.8. The molecule has 0 saturated heterocycles. The number of aromatic nitrogens is 2. The molecule has 0 amide bonds. The van der Waals surface area contributed by atoms with Crippen LogP contribution in [0, 0.1) is 5.82 Å². The maximum absolute atomic E-state index is 14.0. The van der Waals surface area contributed by atoms with Gasteiger partial charge < -0.3 is 14.8 Å². The van der Waals surface area contributed by atoms with E-state index in [4.69, 9.17) is 9.88 Å². The van der Waals surface area contributed by atoms with Gasteiger partial charge in [0.25, 0.3) is 0 Å². The van der Waals surface area contributed by atoms with Crippen molar-refractivity contribution < 1.29 is 9.13 Å². The molecule has 3 rings (SSSR count). The largest absolute Gasteiger partial charge is 0.494 e. The van der Waals surface area contributed by atoms with Gasteiger partial charge in [-0.1, -0.05) is 12.1 Å². The minimum Gasteiger partial charge on any atom is -0.494 e. The summed E-state index contributed by atoms with van der Waals surface area (Å²) in [6.07, 6.45) is 1.44. The van der Waals surface area contributed by atoms with Crippen molar-refractivity contribution in [2.45, 2.75) is 13.0 Å². The summed E-state index contributed by atoms with van der Waals surface area (Å²) in [5, 5.41) is 9.30. The van der Waals surface area contributed by atoms with Crippen molar-refractivity contribution >= 4 is 34.5 Å². The summed E-state index contributed by atoms with van der Waals surface area (Å²) >= 11 is 1.05. The van der Waals surface area contributed by atoms with Crippen LogP contribution in [0.1, 0.15) is 18.5 Å². The normalized spacial score (nSPS) is 12.0. The fraction of sp³-hybridized carbons (Fsp3) is 0.176. The molecule has 6 nitrogen and oxygen atoms in total. The van der Waals surface area contributed by atoms with E-state index in [0.29, 0.717) is 16.7 Å². The van der Waals surface area contributed by atoms with Gasteiger partial charge in [0.05, 0.1) is 12.6 Å². The van der Waals surface area contributed by atoms with E-state index < -0.39 is 5.82 Å². The van der Waals surface area contributed by atoms with Gasteiger partial charge in [-0.3, -0.25) is 5.14 Å². The fourth-order valence-electron chi connectivity index (χ4n) is 2.53. The molecule has 3 aromatic rings. The lowest BCUT2D eigenvalue weighted by molar-refractivity contribution is 0.387. The summed E-state index contributed by atoms with van der Waals surface area (Å²) in [5.74, 6) is 0.278. The van der Waals surface area contributed by atoms with Gasteiger partial charge in [-0.2, -0.15) is 0 Å². The molecule has 8 heteroatoms. The fourth-order valence-corrected chi connectivity index (χ4v) is 2.80. The molecule has 130 valence electrons. The van der Waals surface area contributed by atoms with Gasteiger partial charge in [-0.05, 0) is 30.7 Å². The van der Waals surface area contributed by atoms with Crippen LogP contribution in [0.2, 0.25) is 0 Å². The quantitative estimate of drug-likeness (QED) is 0.576. The number of methoxy groups -OCH3 is 1. The Morgan fingerprint density at radius 1 is 1.20 bits per heavy atom. The molecule has 25 heavy (non-hydrogen) atoms. The zero-order valence-corrected chi connectivity index (χ0v) is 14.6. The molecule has 1 heterocycles. The molecule has 1 atom stereocenters. The minimum absolute atomic E-state index is 0.0251. The van der Waals surface area contributed by atoms with Crippen LogP contribution < -0.4 is 19.9 Å². The lowest BCUT2D eigenvalue weighted by Gasteiger charge is -2.17. The molecule has 0 spiro atoms. The van der Waals surface area contributed by atoms with Crippen LogP contribution in [0.5, 0.6) is 5.75 Å². The van der Waals surface area contributed by atoms with E-state index in [2.05, 4.69) is 20.0 Å². The number of rotatable bonds is 6. The topological polar surface area (TPSA) is 85.1 Å². The van der Waals surface area contributed by atoms with Crippen molar-refractivity contribution in [1.29, 1.82) is 0 Å². The minimum atomic E-state index is -0.449. The predicted molar refractivity (Wildman–Crippen MR) is 99.9 cm³/mol. The molecule has 0 bridgehead atoms. The van der Waals surface area contributed by atoms with E-state index in [1.807, 2.05) is 31.2 Å². The van der Waals surface area contributed by atoms with Crippen molar-refractivity contribution in [2.24, 2.45) is 5.14 Å². The Bertz CT molecular complexity index is 875. The SMILES string of the molecule is COc1cc2ncnc(NC(C)c3ccc(NSN)cc3)c2cc1F. The first-order chi connectivity index (χ1) is 12.1. The van der Waals surface area contributed by atoms with E-state index in [9.17, 15) is 4.39 Å². The predicted octanol–water partition coefficient (Wildman–Crippen LogP) is 3.88. The highest BCUT2D eigenvalue weighted by Crippen LogP contribution is 2.29. The number of hydrogen-bond donors (Lipinski definition) is 3. The third-order valence-electron chi connectivity index (χ3n) is 3.85. The molecular weight excluding hydrogens is 341 g/mol. The van der Waals surface area contributed by atoms with Crippen molar-refractivity contribution in [3.63, 3.8) is 0 Å². The third kappa shape index (κ3) is 3.75. The highest BCUT2D eigenvalue weighted by atomic mass is 32.2. The Labute approximate surface area is 149 Å². The van der Waals surface area contributed by atoms with Gasteiger partial charge in [0.2, 0.25) is 0 Å². The van der Waals surface area contributed by atoms with E-state index >= 15 is 0 Å². The van der Waals surface area contributed by atoms with Crippen molar-refractivity contribution in [2.75, 3.05) is 17.1 Å². The smallest absolute Gasteiger partial charge is 0.165 e. The van der Waals surface area contributed by atoms with Crippen LogP contribution in [0.4, 0.5) is 15.9 Å². The summed E-state index contributed by atoms with van der Waals surface area (Å²) in [6, 6.07) is 10.8. The van der Waals surface area contributed by atoms with E-state index in [1.54, 1.807) is 6.07 Å². The van der Waals surface area contributed by atoms with Crippen LogP contribution >= 0.6 is 12.1 Å². The first kappa shape index (κ1) is 17.2. The lowest BCUT2D eigenvalue weighted by Crippen LogP contribution is -2.09. The second kappa shape index (κ2) is 7.54. The molecular formula is C17H18FN5OS. The van der Waals surface area contributed by atoms with Gasteiger partial charge in [0.15, 0.2) is 11.6 Å². The number of nitrogens with two attached hydrogens (primary N) is 1. The van der Waals surface area contributed by atoms with Crippen LogP contribution in [0.25, 0.3) is 10.9 Å².